The summed E-state index contributed by atoms with van der Waals surface area (Å²) in [5.41, 5.74) is 4.13. The molecule has 8 rings (SSSR count). The number of urea groups is 4. The predicted octanol–water partition coefficient (Wildman–Crippen LogP) is 2.85. The zero-order valence-electron chi connectivity index (χ0n) is 45.3. The predicted molar refractivity (Wildman–Crippen MR) is 283 cm³/mol. The average molecular weight is 1310 g/mol. The molecule has 4 aliphatic rings. The van der Waals surface area contributed by atoms with E-state index in [1.54, 1.807) is 0 Å². The van der Waals surface area contributed by atoms with Crippen LogP contribution in [0.2, 0.25) is 0 Å². The van der Waals surface area contributed by atoms with Crippen LogP contribution < -0.4 is 21.3 Å². The van der Waals surface area contributed by atoms with Crippen molar-refractivity contribution < 1.29 is 115 Å². The van der Waals surface area contributed by atoms with E-state index in [0.29, 0.717) is 25.7 Å². The van der Waals surface area contributed by atoms with Crippen molar-refractivity contribution >= 4 is 71.6 Å². The molecular weight excluding hydrogens is 1250 g/mol. The van der Waals surface area contributed by atoms with Crippen molar-refractivity contribution in [3.05, 3.63) is 144 Å². The van der Waals surface area contributed by atoms with E-state index in [1.165, 1.54) is 28.4 Å². The van der Waals surface area contributed by atoms with Gasteiger partial charge in [-0.25, -0.2) is 38.4 Å². The summed E-state index contributed by atoms with van der Waals surface area (Å²) in [5.74, 6) is -3.35. The first-order valence-corrected chi connectivity index (χ1v) is 25.4. The third-order valence-electron chi connectivity index (χ3n) is 12.7. The van der Waals surface area contributed by atoms with Crippen LogP contribution in [0.4, 0.5) is 19.2 Å². The van der Waals surface area contributed by atoms with Crippen molar-refractivity contribution in [1.82, 2.24) is 40.9 Å². The van der Waals surface area contributed by atoms with E-state index < -0.39 is 72.2 Å². The van der Waals surface area contributed by atoms with Crippen LogP contribution in [0, 0.1) is 0 Å². The fourth-order valence-corrected chi connectivity index (χ4v) is 8.24. The topological polar surface area (TPSA) is 303 Å². The van der Waals surface area contributed by atoms with Crippen LogP contribution in [0.3, 0.4) is 0 Å². The molecule has 82 heavy (non-hydrogen) atoms. The molecule has 4 aliphatic heterocycles. The number of esters is 4. The first-order chi connectivity index (χ1) is 38.5. The number of aryl methyl sites for hydroxylation is 4. The summed E-state index contributed by atoms with van der Waals surface area (Å²) in [6, 6.07) is 32.9. The summed E-state index contributed by atoms with van der Waals surface area (Å²) in [7, 11) is 4.98. The Hall–Kier alpha value is -8.23. The van der Waals surface area contributed by atoms with Crippen LogP contribution in [0.15, 0.2) is 121 Å². The Bertz CT molecular complexity index is 2460. The maximum Gasteiger partial charge on any atom is 0.330 e. The van der Waals surface area contributed by atoms with E-state index >= 15 is 0 Å². The molecule has 0 aromatic heterocycles. The van der Waals surface area contributed by atoms with Crippen LogP contribution in [-0.4, -0.2) is 170 Å². The fourth-order valence-electron chi connectivity index (χ4n) is 8.24. The third-order valence-corrected chi connectivity index (χ3v) is 12.7. The van der Waals surface area contributed by atoms with Gasteiger partial charge in [0.2, 0.25) is 23.6 Å². The van der Waals surface area contributed by atoms with Gasteiger partial charge in [0.05, 0.1) is 54.6 Å². The molecule has 2 radical (unpaired) electrons. The van der Waals surface area contributed by atoms with E-state index in [2.05, 4.69) is 40.2 Å². The zero-order valence-corrected chi connectivity index (χ0v) is 48.6. The Kier molecular flexibility index (Phi) is 28.9. The molecule has 4 saturated heterocycles. The summed E-state index contributed by atoms with van der Waals surface area (Å²) in [5, 5.41) is 9.70. The van der Waals surface area contributed by atoms with Gasteiger partial charge in [0.15, 0.2) is 0 Å². The van der Waals surface area contributed by atoms with Gasteiger partial charge in [-0.3, -0.25) is 38.8 Å². The molecule has 12 amide bonds. The van der Waals surface area contributed by atoms with Crippen molar-refractivity contribution in [1.29, 1.82) is 0 Å². The number of carbonyl (C=O) groups is 12. The molecule has 442 valence electrons. The van der Waals surface area contributed by atoms with Gasteiger partial charge in [0.1, 0.15) is 24.2 Å². The Morgan fingerprint density at radius 2 is 0.512 bits per heavy atom. The van der Waals surface area contributed by atoms with Gasteiger partial charge in [-0.15, -0.1) is 0 Å². The first kappa shape index (κ1) is 68.0. The molecule has 4 aromatic carbocycles. The van der Waals surface area contributed by atoms with E-state index in [-0.39, 0.29) is 114 Å². The molecular formula is C56H64N8O16Rh2. The normalized spacial score (nSPS) is 17.3. The Morgan fingerprint density at radius 1 is 0.341 bits per heavy atom. The molecule has 4 heterocycles. The molecule has 4 atom stereocenters. The zero-order chi connectivity index (χ0) is 58.1. The Balaban J connectivity index is 0.000000285. The van der Waals surface area contributed by atoms with Gasteiger partial charge in [0.25, 0.3) is 0 Å². The van der Waals surface area contributed by atoms with Crippen LogP contribution in [-0.2, 0) is 122 Å². The van der Waals surface area contributed by atoms with Crippen molar-refractivity contribution in [3.63, 3.8) is 0 Å². The van der Waals surface area contributed by atoms with Crippen LogP contribution in [0.1, 0.15) is 47.9 Å². The number of carbonyl (C=O) groups excluding carboxylic acids is 12. The van der Waals surface area contributed by atoms with Gasteiger partial charge in [-0.2, -0.15) is 0 Å². The van der Waals surface area contributed by atoms with Gasteiger partial charge < -0.3 is 40.2 Å². The molecule has 0 aliphatic carbocycles. The SMILES string of the molecule is COC(=O)[C@H]1CN(C(=O)CCc2ccccc2)C(=O)N1.COC(=O)[C@H]1CN(C(=O)CCc2ccccc2)C(=O)N1.COC(=O)[C@H]1CN(C(=O)CCc2ccccc2)C(=O)N1.COC(=O)[C@H]1CN(C(=O)CCc2ccccc2)C(=O)N1.[Rh].[Rh]. The Morgan fingerprint density at radius 3 is 0.671 bits per heavy atom. The summed E-state index contributed by atoms with van der Waals surface area (Å²) in [4.78, 5) is 144. The summed E-state index contributed by atoms with van der Waals surface area (Å²) < 4.78 is 18.2. The number of rotatable bonds is 16. The minimum absolute atomic E-state index is 0. The van der Waals surface area contributed by atoms with Crippen LogP contribution >= 0.6 is 0 Å². The molecule has 0 unspecified atom stereocenters. The van der Waals surface area contributed by atoms with Gasteiger partial charge in [-0.1, -0.05) is 121 Å². The molecule has 0 saturated carbocycles. The smallest absolute Gasteiger partial charge is 0.330 e. The summed E-state index contributed by atoms with van der Waals surface area (Å²) in [6.07, 6.45) is 3.16. The van der Waals surface area contributed by atoms with Crippen molar-refractivity contribution in [3.8, 4) is 0 Å². The van der Waals surface area contributed by atoms with Gasteiger partial charge in [0, 0.05) is 64.6 Å². The number of ether oxygens (including phenoxy) is 4. The average Bonchev–Trinajstić information content (AvgIpc) is 4.32. The minimum atomic E-state index is -0.770. The van der Waals surface area contributed by atoms with E-state index in [1.807, 2.05) is 121 Å². The molecule has 4 N–H and O–H groups in total. The second-order valence-electron chi connectivity index (χ2n) is 18.1. The molecule has 26 heteroatoms. The van der Waals surface area contributed by atoms with E-state index in [4.69, 9.17) is 0 Å². The van der Waals surface area contributed by atoms with Crippen molar-refractivity contribution in [2.75, 3.05) is 54.6 Å². The van der Waals surface area contributed by atoms with Crippen LogP contribution in [0.5, 0.6) is 0 Å². The summed E-state index contributed by atoms with van der Waals surface area (Å²) >= 11 is 0. The number of amides is 12. The number of hydrogen-bond acceptors (Lipinski definition) is 16. The first-order valence-electron chi connectivity index (χ1n) is 25.4. The molecule has 4 aromatic rings. The quantitative estimate of drug-likeness (QED) is 0.0712. The van der Waals surface area contributed by atoms with E-state index in [0.717, 1.165) is 41.9 Å². The fraction of sp³-hybridized carbons (Fsp3) is 0.357. The van der Waals surface area contributed by atoms with E-state index in [9.17, 15) is 57.5 Å². The number of nitrogens with one attached hydrogen (secondary N) is 4. The van der Waals surface area contributed by atoms with Gasteiger partial charge >= 0.3 is 48.0 Å². The van der Waals surface area contributed by atoms with Gasteiger partial charge in [-0.05, 0) is 47.9 Å². The number of hydrogen-bond donors (Lipinski definition) is 4. The maximum absolute atomic E-state index is 12.0. The molecule has 4 fully saturated rings. The molecule has 24 nitrogen and oxygen atoms in total. The molecule has 0 bridgehead atoms. The second kappa shape index (κ2) is 34.8. The third kappa shape index (κ3) is 20.7. The molecule has 0 spiro atoms. The second-order valence-corrected chi connectivity index (χ2v) is 18.1. The number of benzene rings is 4. The Labute approximate surface area is 499 Å². The number of imide groups is 4. The largest absolute Gasteiger partial charge is 0.467 e. The number of nitrogens with zero attached hydrogens (tertiary/aromatic N) is 4. The standard InChI is InChI=1S/4C14H16N2O4.2Rh/c4*1-20-13(18)11-9-16(14(19)15-11)12(17)8-7-10-5-3-2-4-6-10;;/h4*2-6,11H,7-9H2,1H3,(H,15,19);;/t4*11-;;/m1111../s1. The monoisotopic (exact) mass is 1310 g/mol. The minimum Gasteiger partial charge on any atom is -0.467 e. The number of methoxy groups -OCH3 is 4. The van der Waals surface area contributed by atoms with Crippen molar-refractivity contribution in [2.45, 2.75) is 75.5 Å². The van der Waals surface area contributed by atoms with Crippen LogP contribution in [0.25, 0.3) is 0 Å². The van der Waals surface area contributed by atoms with Crippen molar-refractivity contribution in [2.24, 2.45) is 0 Å². The maximum atomic E-state index is 12.0. The summed E-state index contributed by atoms with van der Waals surface area (Å²) in [6.45, 7) is 0.108.